The van der Waals surface area contributed by atoms with Gasteiger partial charge in [0, 0.05) is 50.2 Å². The van der Waals surface area contributed by atoms with Crippen molar-refractivity contribution in [2.75, 3.05) is 32.1 Å². The van der Waals surface area contributed by atoms with Crippen LogP contribution >= 0.6 is 0 Å². The highest BCUT2D eigenvalue weighted by atomic mass is 16.2. The molecule has 0 saturated carbocycles. The molecule has 1 unspecified atom stereocenters. The van der Waals surface area contributed by atoms with E-state index in [1.54, 1.807) is 6.20 Å². The predicted molar refractivity (Wildman–Crippen MR) is 112 cm³/mol. The fourth-order valence-electron chi connectivity index (χ4n) is 3.73. The third-order valence-corrected chi connectivity index (χ3v) is 5.43. The van der Waals surface area contributed by atoms with E-state index in [2.05, 4.69) is 32.1 Å². The topological polar surface area (TPSA) is 61.4 Å². The lowest BCUT2D eigenvalue weighted by atomic mass is 10.1. The number of anilines is 1. The minimum absolute atomic E-state index is 0.0236. The number of pyridine rings is 2. The summed E-state index contributed by atoms with van der Waals surface area (Å²) in [5.74, 6) is 1.03. The maximum absolute atomic E-state index is 12.7. The summed E-state index contributed by atoms with van der Waals surface area (Å²) in [6.07, 6.45) is 8.92. The van der Waals surface area contributed by atoms with Crippen LogP contribution in [0.25, 0.3) is 0 Å². The third-order valence-electron chi connectivity index (χ3n) is 5.43. The first-order valence-electron chi connectivity index (χ1n) is 10.2. The Morgan fingerprint density at radius 2 is 2.04 bits per heavy atom. The number of amides is 1. The van der Waals surface area contributed by atoms with Crippen LogP contribution in [0.2, 0.25) is 0 Å². The molecule has 0 aromatic carbocycles. The van der Waals surface area contributed by atoms with E-state index in [1.807, 2.05) is 43.6 Å². The standard InChI is InChI=1S/C22H31N5O/c1-26-15-7-3-4-11-20(26)22(28)25-17-18-9-8-14-24-21(18)27(2)16-12-19-10-5-6-13-23-19/h5-6,8-10,13-14,20H,3-4,7,11-12,15-17H2,1-2H3,(H,25,28). The molecular formula is C22H31N5O. The van der Waals surface area contributed by atoms with Crippen LogP contribution in [0.15, 0.2) is 42.7 Å². The Morgan fingerprint density at radius 1 is 1.18 bits per heavy atom. The summed E-state index contributed by atoms with van der Waals surface area (Å²) < 4.78 is 0. The van der Waals surface area contributed by atoms with E-state index >= 15 is 0 Å². The summed E-state index contributed by atoms with van der Waals surface area (Å²) >= 11 is 0. The van der Waals surface area contributed by atoms with Crippen LogP contribution in [0, 0.1) is 0 Å². The Balaban J connectivity index is 1.59. The van der Waals surface area contributed by atoms with Gasteiger partial charge in [-0.05, 0) is 44.6 Å². The molecule has 0 radical (unpaired) electrons. The average molecular weight is 382 g/mol. The Labute approximate surface area is 168 Å². The minimum atomic E-state index is -0.0236. The van der Waals surface area contributed by atoms with Crippen LogP contribution in [0.1, 0.15) is 36.9 Å². The van der Waals surface area contributed by atoms with Crippen molar-refractivity contribution in [1.82, 2.24) is 20.2 Å². The molecule has 2 aromatic rings. The summed E-state index contributed by atoms with van der Waals surface area (Å²) in [6, 6.07) is 9.92. The highest BCUT2D eigenvalue weighted by molar-refractivity contribution is 5.81. The van der Waals surface area contributed by atoms with Gasteiger partial charge in [-0.1, -0.05) is 25.0 Å². The molecule has 28 heavy (non-hydrogen) atoms. The van der Waals surface area contributed by atoms with Crippen molar-refractivity contribution in [3.63, 3.8) is 0 Å². The Bertz CT molecular complexity index is 752. The predicted octanol–water partition coefficient (Wildman–Crippen LogP) is 2.65. The van der Waals surface area contributed by atoms with Crippen LogP contribution in [0.5, 0.6) is 0 Å². The fourth-order valence-corrected chi connectivity index (χ4v) is 3.73. The van der Waals surface area contributed by atoms with E-state index in [4.69, 9.17) is 0 Å². The molecule has 3 heterocycles. The van der Waals surface area contributed by atoms with Crippen LogP contribution in [0.3, 0.4) is 0 Å². The minimum Gasteiger partial charge on any atom is -0.359 e. The molecule has 1 N–H and O–H groups in total. The van der Waals surface area contributed by atoms with Gasteiger partial charge in [0.25, 0.3) is 0 Å². The van der Waals surface area contributed by atoms with Gasteiger partial charge in [-0.3, -0.25) is 14.7 Å². The van der Waals surface area contributed by atoms with Crippen molar-refractivity contribution in [2.24, 2.45) is 0 Å². The first kappa shape index (κ1) is 20.3. The zero-order valence-electron chi connectivity index (χ0n) is 17.0. The van der Waals surface area contributed by atoms with Crippen LogP contribution in [-0.4, -0.2) is 54.0 Å². The van der Waals surface area contributed by atoms with Gasteiger partial charge in [0.1, 0.15) is 5.82 Å². The summed E-state index contributed by atoms with van der Waals surface area (Å²) in [7, 11) is 4.09. The first-order chi connectivity index (χ1) is 13.6. The van der Waals surface area contributed by atoms with E-state index in [9.17, 15) is 4.79 Å². The number of rotatable bonds is 7. The quantitative estimate of drug-likeness (QED) is 0.799. The number of hydrogen-bond donors (Lipinski definition) is 1. The molecule has 0 spiro atoms. The van der Waals surface area contributed by atoms with E-state index in [-0.39, 0.29) is 11.9 Å². The molecule has 1 amide bonds. The maximum Gasteiger partial charge on any atom is 0.237 e. The molecule has 1 saturated heterocycles. The molecule has 3 rings (SSSR count). The number of nitrogens with one attached hydrogen (secondary N) is 1. The lowest BCUT2D eigenvalue weighted by molar-refractivity contribution is -0.126. The molecule has 1 aliphatic heterocycles. The summed E-state index contributed by atoms with van der Waals surface area (Å²) in [5.41, 5.74) is 2.10. The SMILES string of the molecule is CN(CCc1ccccn1)c1ncccc1CNC(=O)C1CCCCCN1C. The van der Waals surface area contributed by atoms with E-state index in [1.165, 1.54) is 12.8 Å². The van der Waals surface area contributed by atoms with Gasteiger partial charge in [-0.2, -0.15) is 0 Å². The van der Waals surface area contributed by atoms with Gasteiger partial charge >= 0.3 is 0 Å². The first-order valence-corrected chi connectivity index (χ1v) is 10.2. The normalized spacial score (nSPS) is 17.7. The van der Waals surface area contributed by atoms with Crippen molar-refractivity contribution in [1.29, 1.82) is 0 Å². The Morgan fingerprint density at radius 3 is 2.86 bits per heavy atom. The van der Waals surface area contributed by atoms with Gasteiger partial charge < -0.3 is 10.2 Å². The van der Waals surface area contributed by atoms with Crippen molar-refractivity contribution in [3.05, 3.63) is 54.0 Å². The largest absolute Gasteiger partial charge is 0.359 e. The highest BCUT2D eigenvalue weighted by Gasteiger charge is 2.24. The van der Waals surface area contributed by atoms with Crippen molar-refractivity contribution >= 4 is 11.7 Å². The zero-order chi connectivity index (χ0) is 19.8. The van der Waals surface area contributed by atoms with Gasteiger partial charge in [0.15, 0.2) is 0 Å². The number of aromatic nitrogens is 2. The Hall–Kier alpha value is -2.47. The molecule has 150 valence electrons. The second kappa shape index (κ2) is 10.2. The average Bonchev–Trinajstić information content (AvgIpc) is 2.95. The molecule has 1 aliphatic rings. The van der Waals surface area contributed by atoms with Crippen molar-refractivity contribution in [3.8, 4) is 0 Å². The van der Waals surface area contributed by atoms with E-state index in [0.29, 0.717) is 6.54 Å². The van der Waals surface area contributed by atoms with Crippen LogP contribution in [-0.2, 0) is 17.8 Å². The van der Waals surface area contributed by atoms with Crippen molar-refractivity contribution in [2.45, 2.75) is 44.7 Å². The molecule has 0 bridgehead atoms. The molecule has 2 aromatic heterocycles. The second-order valence-electron chi connectivity index (χ2n) is 7.54. The fraction of sp³-hybridized carbons (Fsp3) is 0.500. The molecule has 1 fully saturated rings. The van der Waals surface area contributed by atoms with E-state index < -0.39 is 0 Å². The van der Waals surface area contributed by atoms with Gasteiger partial charge in [-0.15, -0.1) is 0 Å². The Kier molecular flexibility index (Phi) is 7.37. The van der Waals surface area contributed by atoms with E-state index in [0.717, 1.165) is 49.4 Å². The summed E-state index contributed by atoms with van der Waals surface area (Å²) in [6.45, 7) is 2.31. The van der Waals surface area contributed by atoms with Crippen LogP contribution in [0.4, 0.5) is 5.82 Å². The van der Waals surface area contributed by atoms with Gasteiger partial charge in [-0.25, -0.2) is 4.98 Å². The number of likely N-dealkylation sites (N-methyl/N-ethyl adjacent to an activating group) is 2. The smallest absolute Gasteiger partial charge is 0.237 e. The number of carbonyl (C=O) groups excluding carboxylic acids is 1. The number of likely N-dealkylation sites (tertiary alicyclic amines) is 1. The second-order valence-corrected chi connectivity index (χ2v) is 7.54. The van der Waals surface area contributed by atoms with Crippen molar-refractivity contribution < 1.29 is 4.79 Å². The molecule has 1 atom stereocenters. The summed E-state index contributed by atoms with van der Waals surface area (Å²) in [5, 5.41) is 3.14. The molecule has 6 heteroatoms. The van der Waals surface area contributed by atoms with Gasteiger partial charge in [0.2, 0.25) is 5.91 Å². The summed E-state index contributed by atoms with van der Waals surface area (Å²) in [4.78, 5) is 26.0. The molecule has 0 aliphatic carbocycles. The number of carbonyl (C=O) groups is 1. The van der Waals surface area contributed by atoms with Crippen LogP contribution < -0.4 is 10.2 Å². The monoisotopic (exact) mass is 381 g/mol. The number of nitrogens with zero attached hydrogens (tertiary/aromatic N) is 4. The zero-order valence-corrected chi connectivity index (χ0v) is 17.0. The highest BCUT2D eigenvalue weighted by Crippen LogP contribution is 2.18. The van der Waals surface area contributed by atoms with Gasteiger partial charge in [0.05, 0.1) is 6.04 Å². The lowest BCUT2D eigenvalue weighted by Crippen LogP contribution is -2.44. The number of hydrogen-bond acceptors (Lipinski definition) is 5. The molecular weight excluding hydrogens is 350 g/mol. The third kappa shape index (κ3) is 5.52. The lowest BCUT2D eigenvalue weighted by Gasteiger charge is -2.25. The molecule has 6 nitrogen and oxygen atoms in total. The maximum atomic E-state index is 12.7.